The third kappa shape index (κ3) is 4.86. The van der Waals surface area contributed by atoms with Gasteiger partial charge in [0.25, 0.3) is 0 Å². The number of piperazine rings is 1. The number of likely N-dealkylation sites (tertiary alicyclic amines) is 1. The smallest absolute Gasteiger partial charge is 0.191 e. The van der Waals surface area contributed by atoms with Gasteiger partial charge < -0.3 is 20.3 Å². The minimum atomic E-state index is -0.199. The first-order valence-electron chi connectivity index (χ1n) is 9.46. The number of guanidine groups is 1. The molecule has 1 aromatic carbocycles. The maximum absolute atomic E-state index is 13.1. The van der Waals surface area contributed by atoms with Gasteiger partial charge in [-0.05, 0) is 43.7 Å². The van der Waals surface area contributed by atoms with E-state index in [1.54, 1.807) is 7.11 Å². The zero-order valence-electron chi connectivity index (χ0n) is 15.6. The number of aliphatic imine (C=N–C) groups is 1. The summed E-state index contributed by atoms with van der Waals surface area (Å²) in [6.07, 6.45) is 2.40. The number of nitrogens with two attached hydrogens (primary N) is 1. The first kappa shape index (κ1) is 18.9. The van der Waals surface area contributed by atoms with Crippen molar-refractivity contribution >= 4 is 11.6 Å². The minimum Gasteiger partial charge on any atom is -0.383 e. The normalized spacial score (nSPS) is 22.2. The molecule has 0 spiro atoms. The molecule has 0 aromatic heterocycles. The van der Waals surface area contributed by atoms with Crippen LogP contribution in [0.15, 0.2) is 29.3 Å². The van der Waals surface area contributed by atoms with Gasteiger partial charge in [-0.1, -0.05) is 0 Å². The van der Waals surface area contributed by atoms with Gasteiger partial charge in [0.2, 0.25) is 0 Å². The molecule has 2 aliphatic rings. The fourth-order valence-electron chi connectivity index (χ4n) is 3.75. The van der Waals surface area contributed by atoms with Crippen LogP contribution in [0.5, 0.6) is 0 Å². The SMILES string of the molecule is COCCN1CCCC1CN=C(N)N1CCN(c2ccc(F)cc2)CC1. The van der Waals surface area contributed by atoms with Crippen molar-refractivity contribution in [3.63, 3.8) is 0 Å². The van der Waals surface area contributed by atoms with Crippen LogP contribution in [-0.2, 0) is 4.74 Å². The molecule has 0 amide bonds. The van der Waals surface area contributed by atoms with Crippen LogP contribution in [0.4, 0.5) is 10.1 Å². The molecule has 2 fully saturated rings. The van der Waals surface area contributed by atoms with Crippen molar-refractivity contribution in [2.45, 2.75) is 18.9 Å². The molecule has 0 radical (unpaired) electrons. The van der Waals surface area contributed by atoms with Gasteiger partial charge in [0.05, 0.1) is 13.2 Å². The van der Waals surface area contributed by atoms with Crippen molar-refractivity contribution in [3.8, 4) is 0 Å². The Morgan fingerprint density at radius 3 is 2.62 bits per heavy atom. The van der Waals surface area contributed by atoms with Gasteiger partial charge in [0.15, 0.2) is 5.96 Å². The number of hydrogen-bond acceptors (Lipinski definition) is 4. The molecule has 0 aliphatic carbocycles. The van der Waals surface area contributed by atoms with Crippen LogP contribution in [0.25, 0.3) is 0 Å². The molecule has 26 heavy (non-hydrogen) atoms. The molecule has 2 heterocycles. The Hall–Kier alpha value is -1.86. The third-order valence-electron chi connectivity index (χ3n) is 5.34. The fourth-order valence-corrected chi connectivity index (χ4v) is 3.75. The first-order valence-corrected chi connectivity index (χ1v) is 9.46. The summed E-state index contributed by atoms with van der Waals surface area (Å²) >= 11 is 0. The number of methoxy groups -OCH3 is 1. The zero-order chi connectivity index (χ0) is 18.4. The van der Waals surface area contributed by atoms with Crippen LogP contribution in [-0.4, -0.2) is 81.3 Å². The lowest BCUT2D eigenvalue weighted by Crippen LogP contribution is -2.51. The van der Waals surface area contributed by atoms with Crippen LogP contribution in [0, 0.1) is 5.82 Å². The number of anilines is 1. The van der Waals surface area contributed by atoms with Gasteiger partial charge in [-0.15, -0.1) is 0 Å². The Labute approximate surface area is 155 Å². The maximum atomic E-state index is 13.1. The van der Waals surface area contributed by atoms with Gasteiger partial charge in [0, 0.05) is 51.6 Å². The number of rotatable bonds is 6. The Bertz CT molecular complexity index is 586. The monoisotopic (exact) mass is 363 g/mol. The summed E-state index contributed by atoms with van der Waals surface area (Å²) in [7, 11) is 1.74. The Morgan fingerprint density at radius 1 is 1.19 bits per heavy atom. The van der Waals surface area contributed by atoms with Crippen molar-refractivity contribution in [3.05, 3.63) is 30.1 Å². The molecular weight excluding hydrogens is 333 g/mol. The lowest BCUT2D eigenvalue weighted by atomic mass is 10.2. The number of nitrogens with zero attached hydrogens (tertiary/aromatic N) is 4. The number of hydrogen-bond donors (Lipinski definition) is 1. The Morgan fingerprint density at radius 2 is 1.92 bits per heavy atom. The van der Waals surface area contributed by atoms with E-state index >= 15 is 0 Å². The molecule has 1 aromatic rings. The average Bonchev–Trinajstić information content (AvgIpc) is 3.12. The first-order chi connectivity index (χ1) is 12.7. The maximum Gasteiger partial charge on any atom is 0.191 e. The van der Waals surface area contributed by atoms with E-state index in [0.717, 1.165) is 58.1 Å². The predicted octanol–water partition coefficient (Wildman–Crippen LogP) is 1.37. The molecule has 3 rings (SSSR count). The standard InChI is InChI=1S/C19H30FN5O/c1-26-14-13-23-8-2-3-18(23)15-22-19(21)25-11-9-24(10-12-25)17-6-4-16(20)5-7-17/h4-7,18H,2-3,8-15H2,1H3,(H2,21,22). The Kier molecular flexibility index (Phi) is 6.68. The second kappa shape index (κ2) is 9.19. The molecule has 1 atom stereocenters. The largest absolute Gasteiger partial charge is 0.383 e. The van der Waals surface area contributed by atoms with Crippen LogP contribution >= 0.6 is 0 Å². The van der Waals surface area contributed by atoms with Crippen molar-refractivity contribution in [2.75, 3.05) is 64.4 Å². The second-order valence-corrected chi connectivity index (χ2v) is 6.97. The van der Waals surface area contributed by atoms with E-state index in [1.165, 1.54) is 25.0 Å². The van der Waals surface area contributed by atoms with Gasteiger partial charge in [-0.2, -0.15) is 0 Å². The summed E-state index contributed by atoms with van der Waals surface area (Å²) in [5.74, 6) is 0.442. The van der Waals surface area contributed by atoms with Crippen molar-refractivity contribution < 1.29 is 9.13 Å². The quantitative estimate of drug-likeness (QED) is 0.611. The number of benzene rings is 1. The molecule has 2 N–H and O–H groups in total. The van der Waals surface area contributed by atoms with E-state index in [2.05, 4.69) is 19.7 Å². The van der Waals surface area contributed by atoms with E-state index in [4.69, 9.17) is 10.5 Å². The summed E-state index contributed by atoms with van der Waals surface area (Å²) in [6.45, 7) is 7.02. The van der Waals surface area contributed by atoms with Gasteiger partial charge in [-0.3, -0.25) is 9.89 Å². The summed E-state index contributed by atoms with van der Waals surface area (Å²) < 4.78 is 18.3. The van der Waals surface area contributed by atoms with E-state index in [0.29, 0.717) is 12.0 Å². The molecule has 144 valence electrons. The molecule has 6 nitrogen and oxygen atoms in total. The highest BCUT2D eigenvalue weighted by atomic mass is 19.1. The highest BCUT2D eigenvalue weighted by Crippen LogP contribution is 2.18. The van der Waals surface area contributed by atoms with Crippen molar-refractivity contribution in [1.82, 2.24) is 9.80 Å². The lowest BCUT2D eigenvalue weighted by molar-refractivity contribution is 0.142. The molecule has 7 heteroatoms. The lowest BCUT2D eigenvalue weighted by Gasteiger charge is -2.36. The van der Waals surface area contributed by atoms with Crippen molar-refractivity contribution in [2.24, 2.45) is 10.7 Å². The summed E-state index contributed by atoms with van der Waals surface area (Å²) in [6, 6.07) is 7.15. The van der Waals surface area contributed by atoms with Gasteiger partial charge in [0.1, 0.15) is 5.82 Å². The predicted molar refractivity (Wildman–Crippen MR) is 103 cm³/mol. The molecule has 2 saturated heterocycles. The van der Waals surface area contributed by atoms with E-state index in [9.17, 15) is 4.39 Å². The van der Waals surface area contributed by atoms with Crippen LogP contribution in [0.2, 0.25) is 0 Å². The third-order valence-corrected chi connectivity index (χ3v) is 5.34. The molecule has 1 unspecified atom stereocenters. The molecule has 0 saturated carbocycles. The van der Waals surface area contributed by atoms with E-state index in [-0.39, 0.29) is 5.82 Å². The van der Waals surface area contributed by atoms with Gasteiger partial charge >= 0.3 is 0 Å². The zero-order valence-corrected chi connectivity index (χ0v) is 15.6. The summed E-state index contributed by atoms with van der Waals surface area (Å²) in [5, 5.41) is 0. The van der Waals surface area contributed by atoms with E-state index in [1.807, 2.05) is 12.1 Å². The highest BCUT2D eigenvalue weighted by Gasteiger charge is 2.24. The minimum absolute atomic E-state index is 0.199. The van der Waals surface area contributed by atoms with E-state index < -0.39 is 0 Å². The average molecular weight is 363 g/mol. The molecule has 2 aliphatic heterocycles. The Balaban J connectivity index is 1.47. The van der Waals surface area contributed by atoms with Crippen LogP contribution in [0.3, 0.4) is 0 Å². The highest BCUT2D eigenvalue weighted by molar-refractivity contribution is 5.78. The number of ether oxygens (including phenoxy) is 1. The number of halogens is 1. The second-order valence-electron chi connectivity index (χ2n) is 6.97. The van der Waals surface area contributed by atoms with Crippen LogP contribution < -0.4 is 10.6 Å². The van der Waals surface area contributed by atoms with Crippen molar-refractivity contribution in [1.29, 1.82) is 0 Å². The summed E-state index contributed by atoms with van der Waals surface area (Å²) in [5.41, 5.74) is 7.30. The topological polar surface area (TPSA) is 57.3 Å². The fraction of sp³-hybridized carbons (Fsp3) is 0.632. The van der Waals surface area contributed by atoms with Crippen LogP contribution in [0.1, 0.15) is 12.8 Å². The molecule has 0 bridgehead atoms. The van der Waals surface area contributed by atoms with Gasteiger partial charge in [-0.25, -0.2) is 4.39 Å². The summed E-state index contributed by atoms with van der Waals surface area (Å²) in [4.78, 5) is 11.5. The molecular formula is C19H30FN5O.